The number of carbonyl (C=O) groups is 4. The third-order valence-electron chi connectivity index (χ3n) is 17.9. The van der Waals surface area contributed by atoms with Gasteiger partial charge in [-0.3, -0.25) is 37.3 Å². The van der Waals surface area contributed by atoms with Crippen LogP contribution in [0.5, 0.6) is 0 Å². The Morgan fingerprint density at radius 1 is 0.295 bits per heavy atom. The number of phosphoric ester groups is 2. The maximum absolute atomic E-state index is 13.1. The smallest absolute Gasteiger partial charge is 0.462 e. The van der Waals surface area contributed by atoms with Gasteiger partial charge >= 0.3 is 39.5 Å². The van der Waals surface area contributed by atoms with Crippen molar-refractivity contribution in [1.29, 1.82) is 0 Å². The fraction of sp³-hybridized carbons (Fsp3) is 0.947. The van der Waals surface area contributed by atoms with Crippen LogP contribution in [-0.2, 0) is 65.4 Å². The van der Waals surface area contributed by atoms with E-state index in [9.17, 15) is 43.2 Å². The Bertz CT molecular complexity index is 1870. The topological polar surface area (TPSA) is 237 Å². The number of aliphatic hydroxyl groups excluding tert-OH is 1. The molecule has 0 aliphatic heterocycles. The Morgan fingerprint density at radius 2 is 0.505 bits per heavy atom. The zero-order chi connectivity index (χ0) is 70.3. The summed E-state index contributed by atoms with van der Waals surface area (Å²) >= 11 is 0. The van der Waals surface area contributed by atoms with E-state index in [0.717, 1.165) is 120 Å². The van der Waals surface area contributed by atoms with Gasteiger partial charge in [0.05, 0.1) is 26.4 Å². The molecule has 0 spiro atoms. The Labute approximate surface area is 581 Å². The molecule has 95 heavy (non-hydrogen) atoms. The van der Waals surface area contributed by atoms with Crippen LogP contribution >= 0.6 is 15.6 Å². The molecule has 564 valence electrons. The highest BCUT2D eigenvalue weighted by atomic mass is 31.2. The molecule has 0 amide bonds. The molecule has 0 heterocycles. The van der Waals surface area contributed by atoms with Crippen LogP contribution in [0.3, 0.4) is 0 Å². The van der Waals surface area contributed by atoms with Crippen molar-refractivity contribution in [2.75, 3.05) is 39.6 Å². The van der Waals surface area contributed by atoms with E-state index in [1.54, 1.807) is 0 Å². The lowest BCUT2D eigenvalue weighted by molar-refractivity contribution is -0.161. The van der Waals surface area contributed by atoms with Gasteiger partial charge in [-0.15, -0.1) is 0 Å². The summed E-state index contributed by atoms with van der Waals surface area (Å²) in [6, 6.07) is 0. The zero-order valence-corrected chi connectivity index (χ0v) is 64.1. The highest BCUT2D eigenvalue weighted by Crippen LogP contribution is 2.45. The van der Waals surface area contributed by atoms with Crippen molar-refractivity contribution >= 4 is 39.5 Å². The number of unbranched alkanes of at least 4 members (excludes halogenated alkanes) is 38. The number of hydrogen-bond acceptors (Lipinski definition) is 15. The number of phosphoric acid groups is 2. The molecule has 0 rings (SSSR count). The van der Waals surface area contributed by atoms with Gasteiger partial charge in [0.25, 0.3) is 0 Å². The van der Waals surface area contributed by atoms with E-state index in [-0.39, 0.29) is 25.7 Å². The van der Waals surface area contributed by atoms with E-state index in [1.165, 1.54) is 173 Å². The van der Waals surface area contributed by atoms with Crippen molar-refractivity contribution in [3.8, 4) is 0 Å². The monoisotopic (exact) mass is 1400 g/mol. The van der Waals surface area contributed by atoms with E-state index >= 15 is 0 Å². The molecule has 3 N–H and O–H groups in total. The van der Waals surface area contributed by atoms with Crippen LogP contribution in [0.25, 0.3) is 0 Å². The first-order chi connectivity index (χ1) is 45.6. The quantitative estimate of drug-likeness (QED) is 0.0222. The molecule has 0 radical (unpaired) electrons. The van der Waals surface area contributed by atoms with Crippen LogP contribution in [0.2, 0.25) is 0 Å². The fourth-order valence-electron chi connectivity index (χ4n) is 11.5. The molecule has 0 saturated heterocycles. The lowest BCUT2D eigenvalue weighted by Gasteiger charge is -2.21. The second kappa shape index (κ2) is 65.4. The molecule has 6 atom stereocenters. The minimum Gasteiger partial charge on any atom is -0.462 e. The fourth-order valence-corrected chi connectivity index (χ4v) is 13.1. The van der Waals surface area contributed by atoms with Crippen molar-refractivity contribution in [2.45, 2.75) is 401 Å². The summed E-state index contributed by atoms with van der Waals surface area (Å²) in [5.41, 5.74) is 0. The van der Waals surface area contributed by atoms with Gasteiger partial charge in [0, 0.05) is 25.7 Å². The Hall–Kier alpha value is -1.94. The van der Waals surface area contributed by atoms with Crippen molar-refractivity contribution in [3.05, 3.63) is 0 Å². The number of ether oxygens (including phenoxy) is 4. The molecule has 17 nitrogen and oxygen atoms in total. The second-order valence-electron chi connectivity index (χ2n) is 29.1. The molecule has 0 aliphatic carbocycles. The molecule has 0 aromatic rings. The second-order valence-corrected chi connectivity index (χ2v) is 32.0. The van der Waals surface area contributed by atoms with E-state index in [0.29, 0.717) is 31.6 Å². The molecule has 3 unspecified atom stereocenters. The first kappa shape index (κ1) is 93.1. The van der Waals surface area contributed by atoms with Crippen molar-refractivity contribution in [3.63, 3.8) is 0 Å². The van der Waals surface area contributed by atoms with Crippen molar-refractivity contribution < 1.29 is 80.2 Å². The maximum Gasteiger partial charge on any atom is 0.472 e. The molecule has 0 aromatic heterocycles. The minimum absolute atomic E-state index is 0.106. The van der Waals surface area contributed by atoms with Gasteiger partial charge in [0.2, 0.25) is 0 Å². The largest absolute Gasteiger partial charge is 0.472 e. The normalized spacial score (nSPS) is 14.4. The van der Waals surface area contributed by atoms with E-state index in [4.69, 9.17) is 37.0 Å². The minimum atomic E-state index is -4.96. The SMILES string of the molecule is CCC(C)CCCCCCCCC(=O)OC[C@H](COP(=O)(O)OC[C@H](O)COP(=O)(O)OC[C@@H](COC(=O)CCCCCCCCC(C)C)OC(=O)CCCCCCCCCCCCCCCCCCC(C)C)OC(=O)CCCCCCCCCCCCCCCCC(C)C. The van der Waals surface area contributed by atoms with Gasteiger partial charge in [-0.2, -0.15) is 0 Å². The third-order valence-corrected chi connectivity index (χ3v) is 19.8. The van der Waals surface area contributed by atoms with Gasteiger partial charge < -0.3 is 33.8 Å². The highest BCUT2D eigenvalue weighted by molar-refractivity contribution is 7.47. The van der Waals surface area contributed by atoms with Gasteiger partial charge in [-0.05, 0) is 49.4 Å². The van der Waals surface area contributed by atoms with E-state index in [1.807, 2.05) is 0 Å². The molecule has 0 aliphatic rings. The first-order valence-electron chi connectivity index (χ1n) is 39.2. The molecular weight excluding hydrogens is 1250 g/mol. The summed E-state index contributed by atoms with van der Waals surface area (Å²) in [7, 11) is -9.91. The van der Waals surface area contributed by atoms with Crippen molar-refractivity contribution in [1.82, 2.24) is 0 Å². The van der Waals surface area contributed by atoms with Crippen molar-refractivity contribution in [2.24, 2.45) is 23.7 Å². The Kier molecular flexibility index (Phi) is 64.0. The van der Waals surface area contributed by atoms with Gasteiger partial charge in [0.15, 0.2) is 12.2 Å². The Morgan fingerprint density at radius 3 is 0.747 bits per heavy atom. The summed E-state index contributed by atoms with van der Waals surface area (Å²) in [6.45, 7) is 14.1. The summed E-state index contributed by atoms with van der Waals surface area (Å²) < 4.78 is 68.5. The van der Waals surface area contributed by atoms with Crippen LogP contribution in [0, 0.1) is 23.7 Å². The molecule has 0 fully saturated rings. The summed E-state index contributed by atoms with van der Waals surface area (Å²) in [5.74, 6) is 0.890. The van der Waals surface area contributed by atoms with E-state index in [2.05, 4.69) is 55.4 Å². The predicted molar refractivity (Wildman–Crippen MR) is 386 cm³/mol. The van der Waals surface area contributed by atoms with Gasteiger partial charge in [-0.25, -0.2) is 9.13 Å². The summed E-state index contributed by atoms with van der Waals surface area (Å²) in [5, 5.41) is 10.6. The molecule has 0 saturated carbocycles. The standard InChI is InChI=1S/C76H148O17P2/c1-9-69(8)55-47-39-33-35-41-49-57-74(79)87-63-72(93-76(81)59-51-43-31-27-23-19-15-14-17-21-25-29-37-45-53-67(4)5)65-91-95(84,85)89-61-70(77)60-88-94(82,83)90-64-71(62-86-73(78)56-48-40-34-32-38-46-54-68(6)7)92-75(80)58-50-42-30-26-22-18-13-11-10-12-16-20-24-28-36-44-52-66(2)3/h66-72,77H,9-65H2,1-8H3,(H,82,83)(H,84,85)/t69?,70-,71-,72-/m1/s1. The zero-order valence-electron chi connectivity index (χ0n) is 62.3. The average Bonchev–Trinajstić information content (AvgIpc) is 1.96. The predicted octanol–water partition coefficient (Wildman–Crippen LogP) is 22.0. The number of aliphatic hydroxyl groups is 1. The number of rotatable bonds is 73. The van der Waals surface area contributed by atoms with Crippen LogP contribution in [0.15, 0.2) is 0 Å². The molecule has 19 heteroatoms. The van der Waals surface area contributed by atoms with E-state index < -0.39 is 97.5 Å². The first-order valence-corrected chi connectivity index (χ1v) is 42.2. The highest BCUT2D eigenvalue weighted by Gasteiger charge is 2.30. The maximum atomic E-state index is 13.1. The van der Waals surface area contributed by atoms with Crippen LogP contribution in [-0.4, -0.2) is 96.7 Å². The summed E-state index contributed by atoms with van der Waals surface area (Å²) in [6.07, 6.45) is 50.2. The van der Waals surface area contributed by atoms with Crippen LogP contribution in [0.4, 0.5) is 0 Å². The average molecular weight is 1400 g/mol. The lowest BCUT2D eigenvalue weighted by Crippen LogP contribution is -2.30. The number of carbonyl (C=O) groups excluding carboxylic acids is 4. The molecule has 0 aromatic carbocycles. The molecular formula is C76H148O17P2. The third kappa shape index (κ3) is 69.0. The summed E-state index contributed by atoms with van der Waals surface area (Å²) in [4.78, 5) is 72.7. The molecule has 0 bridgehead atoms. The van der Waals surface area contributed by atoms with Crippen LogP contribution < -0.4 is 0 Å². The van der Waals surface area contributed by atoms with Crippen LogP contribution in [0.1, 0.15) is 383 Å². The van der Waals surface area contributed by atoms with Gasteiger partial charge in [0.1, 0.15) is 19.3 Å². The Balaban J connectivity index is 5.18. The van der Waals surface area contributed by atoms with Gasteiger partial charge in [-0.1, -0.05) is 331 Å². The lowest BCUT2D eigenvalue weighted by atomic mass is 10.00. The number of hydrogen-bond donors (Lipinski definition) is 3. The number of esters is 4.